The number of carbonyl (C=O) groups excluding carboxylic acids is 2. The number of aromatic nitrogens is 2. The van der Waals surface area contributed by atoms with Gasteiger partial charge in [-0.2, -0.15) is 5.10 Å². The molecule has 2 amide bonds. The Hall–Kier alpha value is -1.44. The Balaban J connectivity index is 1.99. The van der Waals surface area contributed by atoms with Gasteiger partial charge in [0.05, 0.1) is 5.52 Å². The molecule has 1 aromatic carbocycles. The number of nitrogens with one attached hydrogen (secondary N) is 1. The van der Waals surface area contributed by atoms with Crippen LogP contribution in [0.2, 0.25) is 0 Å². The van der Waals surface area contributed by atoms with Gasteiger partial charge in [-0.3, -0.25) is 19.6 Å². The summed E-state index contributed by atoms with van der Waals surface area (Å²) in [5.74, 6) is -0.476. The number of piperidine rings is 1. The van der Waals surface area contributed by atoms with E-state index in [4.69, 9.17) is 0 Å². The van der Waals surface area contributed by atoms with Crippen molar-refractivity contribution in [1.29, 1.82) is 0 Å². The van der Waals surface area contributed by atoms with Crippen molar-refractivity contribution in [3.8, 4) is 0 Å². The van der Waals surface area contributed by atoms with E-state index in [1.165, 1.54) is 0 Å². The van der Waals surface area contributed by atoms with Crippen molar-refractivity contribution in [2.75, 3.05) is 0 Å². The molecule has 0 saturated carbocycles. The van der Waals surface area contributed by atoms with E-state index in [0.717, 1.165) is 14.5 Å². The fraction of sp³-hybridized carbons (Fsp3) is 0.250. The minimum atomic E-state index is -0.382. The molecule has 1 atom stereocenters. The Morgan fingerprint density at radius 3 is 3.00 bits per heavy atom. The first kappa shape index (κ1) is 11.6. The van der Waals surface area contributed by atoms with E-state index in [1.807, 2.05) is 24.4 Å². The fourth-order valence-corrected chi connectivity index (χ4v) is 2.58. The largest absolute Gasteiger partial charge is 0.295 e. The number of hydrogen-bond acceptors (Lipinski definition) is 3. The molecule has 0 aliphatic carbocycles. The monoisotopic (exact) mass is 355 g/mol. The van der Waals surface area contributed by atoms with E-state index >= 15 is 0 Å². The van der Waals surface area contributed by atoms with Gasteiger partial charge in [0.1, 0.15) is 6.04 Å². The number of fused-ring (bicyclic) bond motifs is 1. The van der Waals surface area contributed by atoms with E-state index in [9.17, 15) is 9.59 Å². The van der Waals surface area contributed by atoms with Crippen LogP contribution in [0.5, 0.6) is 0 Å². The van der Waals surface area contributed by atoms with Gasteiger partial charge in [-0.05, 0) is 41.1 Å². The van der Waals surface area contributed by atoms with Crippen LogP contribution in [-0.2, 0) is 9.59 Å². The topological polar surface area (TPSA) is 64.0 Å². The zero-order chi connectivity index (χ0) is 12.7. The number of halogens is 1. The highest BCUT2D eigenvalue weighted by Gasteiger charge is 2.28. The molecule has 1 aliphatic rings. The quantitative estimate of drug-likeness (QED) is 0.625. The summed E-state index contributed by atoms with van der Waals surface area (Å²) in [6, 6.07) is 5.57. The highest BCUT2D eigenvalue weighted by molar-refractivity contribution is 14.1. The minimum absolute atomic E-state index is 0.206. The maximum atomic E-state index is 11.8. The average molecular weight is 355 g/mol. The molecule has 6 heteroatoms. The summed E-state index contributed by atoms with van der Waals surface area (Å²) in [5, 5.41) is 7.76. The number of nitrogens with zero attached hydrogens (tertiary/aromatic N) is 2. The molecule has 3 rings (SSSR count). The predicted octanol–water partition coefficient (Wildman–Crippen LogP) is 1.62. The van der Waals surface area contributed by atoms with Gasteiger partial charge in [-0.15, -0.1) is 0 Å². The maximum Gasteiger partial charge on any atom is 0.251 e. The fourth-order valence-electron chi connectivity index (χ4n) is 2.10. The Morgan fingerprint density at radius 2 is 2.22 bits per heavy atom. The smallest absolute Gasteiger partial charge is 0.251 e. The second-order valence-electron chi connectivity index (χ2n) is 4.28. The van der Waals surface area contributed by atoms with Gasteiger partial charge in [-0.1, -0.05) is 6.07 Å². The summed E-state index contributed by atoms with van der Waals surface area (Å²) in [4.78, 5) is 22.9. The Bertz CT molecular complexity index is 650. The lowest BCUT2D eigenvalue weighted by atomic mass is 10.1. The summed E-state index contributed by atoms with van der Waals surface area (Å²) in [6.45, 7) is 0. The molecule has 1 saturated heterocycles. The van der Waals surface area contributed by atoms with Crippen LogP contribution in [0, 0.1) is 3.57 Å². The van der Waals surface area contributed by atoms with Gasteiger partial charge >= 0.3 is 0 Å². The van der Waals surface area contributed by atoms with Gasteiger partial charge in [0.15, 0.2) is 0 Å². The summed E-state index contributed by atoms with van der Waals surface area (Å²) in [6.07, 6.45) is 2.73. The number of carbonyl (C=O) groups is 2. The summed E-state index contributed by atoms with van der Waals surface area (Å²) in [7, 11) is 0. The van der Waals surface area contributed by atoms with Crippen molar-refractivity contribution < 1.29 is 9.59 Å². The van der Waals surface area contributed by atoms with Crippen LogP contribution in [0.15, 0.2) is 24.4 Å². The third-order valence-corrected chi connectivity index (χ3v) is 3.69. The van der Waals surface area contributed by atoms with E-state index in [0.29, 0.717) is 12.8 Å². The molecule has 0 bridgehead atoms. The first-order valence-corrected chi connectivity index (χ1v) is 6.69. The maximum absolute atomic E-state index is 11.8. The average Bonchev–Trinajstić information content (AvgIpc) is 2.71. The Labute approximate surface area is 117 Å². The van der Waals surface area contributed by atoms with E-state index < -0.39 is 0 Å². The summed E-state index contributed by atoms with van der Waals surface area (Å²) >= 11 is 2.23. The number of rotatable bonds is 1. The molecule has 2 heterocycles. The zero-order valence-corrected chi connectivity index (χ0v) is 11.5. The van der Waals surface area contributed by atoms with Gasteiger partial charge in [0.2, 0.25) is 5.91 Å². The summed E-state index contributed by atoms with van der Waals surface area (Å²) < 4.78 is 2.76. The van der Waals surface area contributed by atoms with Gasteiger partial charge in [0.25, 0.3) is 5.91 Å². The highest BCUT2D eigenvalue weighted by atomic mass is 127. The van der Waals surface area contributed by atoms with Crippen LogP contribution in [0.1, 0.15) is 18.9 Å². The third-order valence-electron chi connectivity index (χ3n) is 3.02. The second kappa shape index (κ2) is 4.34. The molecule has 1 aromatic heterocycles. The Morgan fingerprint density at radius 1 is 1.39 bits per heavy atom. The molecule has 1 unspecified atom stereocenters. The standard InChI is InChI=1S/C12H10IN3O2/c13-8-2-1-7-6-16(15-9(7)5-8)10-3-4-11(17)14-12(10)18/h1-2,5-6,10H,3-4H2,(H,14,17,18). The number of amides is 2. The number of imide groups is 1. The van der Waals surface area contributed by atoms with Crippen LogP contribution in [0.25, 0.3) is 10.9 Å². The normalized spacial score (nSPS) is 20.2. The SMILES string of the molecule is O=C1CCC(n2cc3ccc(I)cc3n2)C(=O)N1. The zero-order valence-electron chi connectivity index (χ0n) is 9.39. The van der Waals surface area contributed by atoms with Crippen molar-refractivity contribution in [3.63, 3.8) is 0 Å². The lowest BCUT2D eigenvalue weighted by Crippen LogP contribution is -2.41. The predicted molar refractivity (Wildman–Crippen MR) is 73.9 cm³/mol. The van der Waals surface area contributed by atoms with E-state index in [-0.39, 0.29) is 17.9 Å². The molecular weight excluding hydrogens is 345 g/mol. The van der Waals surface area contributed by atoms with E-state index in [1.54, 1.807) is 4.68 Å². The molecule has 1 N–H and O–H groups in total. The molecule has 18 heavy (non-hydrogen) atoms. The molecule has 0 spiro atoms. The third kappa shape index (κ3) is 2.00. The summed E-state index contributed by atoms with van der Waals surface area (Å²) in [5.41, 5.74) is 0.867. The molecule has 2 aromatic rings. The van der Waals surface area contributed by atoms with E-state index in [2.05, 4.69) is 33.0 Å². The minimum Gasteiger partial charge on any atom is -0.295 e. The Kier molecular flexibility index (Phi) is 2.81. The number of benzene rings is 1. The van der Waals surface area contributed by atoms with Crippen molar-refractivity contribution >= 4 is 45.3 Å². The first-order valence-electron chi connectivity index (χ1n) is 5.61. The van der Waals surface area contributed by atoms with Crippen molar-refractivity contribution in [2.24, 2.45) is 0 Å². The highest BCUT2D eigenvalue weighted by Crippen LogP contribution is 2.22. The van der Waals surface area contributed by atoms with Crippen molar-refractivity contribution in [2.45, 2.75) is 18.9 Å². The van der Waals surface area contributed by atoms with Gasteiger partial charge < -0.3 is 0 Å². The van der Waals surface area contributed by atoms with Crippen LogP contribution in [-0.4, -0.2) is 21.6 Å². The van der Waals surface area contributed by atoms with Gasteiger partial charge in [0, 0.05) is 21.6 Å². The van der Waals surface area contributed by atoms with Gasteiger partial charge in [-0.25, -0.2) is 0 Å². The van der Waals surface area contributed by atoms with Crippen LogP contribution in [0.4, 0.5) is 0 Å². The molecule has 1 fully saturated rings. The molecule has 0 radical (unpaired) electrons. The van der Waals surface area contributed by atoms with Crippen LogP contribution < -0.4 is 5.32 Å². The van der Waals surface area contributed by atoms with Crippen molar-refractivity contribution in [3.05, 3.63) is 28.0 Å². The molecule has 1 aliphatic heterocycles. The van der Waals surface area contributed by atoms with Crippen LogP contribution >= 0.6 is 22.6 Å². The lowest BCUT2D eigenvalue weighted by molar-refractivity contribution is -0.135. The molecular formula is C12H10IN3O2. The molecule has 92 valence electrons. The molecule has 5 nitrogen and oxygen atoms in total. The first-order chi connectivity index (χ1) is 8.63. The lowest BCUT2D eigenvalue weighted by Gasteiger charge is -2.20. The van der Waals surface area contributed by atoms with Crippen LogP contribution in [0.3, 0.4) is 0 Å². The number of hydrogen-bond donors (Lipinski definition) is 1. The van der Waals surface area contributed by atoms with Crippen molar-refractivity contribution in [1.82, 2.24) is 15.1 Å². The second-order valence-corrected chi connectivity index (χ2v) is 5.52.